The van der Waals surface area contributed by atoms with E-state index in [9.17, 15) is 4.79 Å². The number of ether oxygens (including phenoxy) is 1. The van der Waals surface area contributed by atoms with Crippen LogP contribution in [0.1, 0.15) is 42.6 Å². The molecule has 1 aromatic rings. The number of rotatable bonds is 5. The number of hydrogen-bond acceptors (Lipinski definition) is 4. The molecule has 2 unspecified atom stereocenters. The molecule has 1 aromatic carbocycles. The van der Waals surface area contributed by atoms with Crippen LogP contribution in [0.2, 0.25) is 0 Å². The topological polar surface area (TPSA) is 55.6 Å². The highest BCUT2D eigenvalue weighted by molar-refractivity contribution is 5.94. The van der Waals surface area contributed by atoms with Crippen molar-refractivity contribution >= 4 is 5.78 Å². The smallest absolute Gasteiger partial charge is 0.159 e. The fraction of sp³-hybridized carbons (Fsp3) is 0.588. The Bertz CT molecular complexity index is 500. The molecule has 2 N–H and O–H groups in total. The molecule has 1 fully saturated rings. The van der Waals surface area contributed by atoms with E-state index in [1.807, 2.05) is 18.2 Å². The average molecular weight is 290 g/mol. The second-order valence-corrected chi connectivity index (χ2v) is 6.08. The van der Waals surface area contributed by atoms with E-state index in [2.05, 4.69) is 11.8 Å². The summed E-state index contributed by atoms with van der Waals surface area (Å²) >= 11 is 0. The van der Waals surface area contributed by atoms with E-state index < -0.39 is 0 Å². The highest BCUT2D eigenvalue weighted by atomic mass is 16.5. The van der Waals surface area contributed by atoms with Gasteiger partial charge in [0.2, 0.25) is 0 Å². The Morgan fingerprint density at radius 1 is 1.52 bits per heavy atom. The maximum absolute atomic E-state index is 11.6. The first-order valence-electron chi connectivity index (χ1n) is 7.67. The Labute approximate surface area is 127 Å². The highest BCUT2D eigenvalue weighted by Gasteiger charge is 2.23. The van der Waals surface area contributed by atoms with Crippen molar-refractivity contribution in [3.8, 4) is 5.75 Å². The molecular weight excluding hydrogens is 264 g/mol. The van der Waals surface area contributed by atoms with Gasteiger partial charge in [-0.05, 0) is 57.4 Å². The Kier molecular flexibility index (Phi) is 5.37. The lowest BCUT2D eigenvalue weighted by Gasteiger charge is -2.34. The highest BCUT2D eigenvalue weighted by Crippen LogP contribution is 2.25. The Morgan fingerprint density at radius 3 is 2.90 bits per heavy atom. The van der Waals surface area contributed by atoms with Gasteiger partial charge in [0.05, 0.1) is 7.11 Å². The number of ketones is 1. The molecule has 0 spiro atoms. The van der Waals surface area contributed by atoms with Gasteiger partial charge < -0.3 is 10.5 Å². The van der Waals surface area contributed by atoms with Crippen LogP contribution in [0.3, 0.4) is 0 Å². The minimum Gasteiger partial charge on any atom is -0.496 e. The predicted molar refractivity (Wildman–Crippen MR) is 84.6 cm³/mol. The lowest BCUT2D eigenvalue weighted by molar-refractivity contribution is 0.101. The van der Waals surface area contributed by atoms with Crippen molar-refractivity contribution in [1.82, 2.24) is 4.90 Å². The molecular formula is C17H26N2O2. The first-order chi connectivity index (χ1) is 10.0. The van der Waals surface area contributed by atoms with Crippen LogP contribution >= 0.6 is 0 Å². The van der Waals surface area contributed by atoms with Gasteiger partial charge in [0, 0.05) is 30.3 Å². The first kappa shape index (κ1) is 16.0. The van der Waals surface area contributed by atoms with Crippen LogP contribution in [0.4, 0.5) is 0 Å². The molecule has 1 heterocycles. The minimum atomic E-state index is 0.0889. The Balaban J connectivity index is 2.14. The summed E-state index contributed by atoms with van der Waals surface area (Å²) in [6.07, 6.45) is 2.39. The third kappa shape index (κ3) is 4.05. The summed E-state index contributed by atoms with van der Waals surface area (Å²) in [5, 5.41) is 0. The number of nitrogens with two attached hydrogens (primary N) is 1. The van der Waals surface area contributed by atoms with Gasteiger partial charge in [0.1, 0.15) is 5.75 Å². The normalized spacial score (nSPS) is 21.0. The molecule has 1 saturated heterocycles. The van der Waals surface area contributed by atoms with E-state index in [-0.39, 0.29) is 11.8 Å². The van der Waals surface area contributed by atoms with Crippen molar-refractivity contribution in [1.29, 1.82) is 0 Å². The fourth-order valence-electron chi connectivity index (χ4n) is 3.03. The predicted octanol–water partition coefficient (Wildman–Crippen LogP) is 2.46. The summed E-state index contributed by atoms with van der Waals surface area (Å²) in [6.45, 7) is 6.60. The van der Waals surface area contributed by atoms with Crippen molar-refractivity contribution in [2.24, 2.45) is 11.7 Å². The number of hydrogen-bond donors (Lipinski definition) is 1. The molecule has 4 heteroatoms. The zero-order chi connectivity index (χ0) is 15.4. The number of likely N-dealkylation sites (tertiary alicyclic amines) is 1. The zero-order valence-electron chi connectivity index (χ0n) is 13.3. The quantitative estimate of drug-likeness (QED) is 0.846. The van der Waals surface area contributed by atoms with E-state index >= 15 is 0 Å². The van der Waals surface area contributed by atoms with Gasteiger partial charge in [-0.25, -0.2) is 0 Å². The molecule has 1 aliphatic heterocycles. The van der Waals surface area contributed by atoms with Crippen LogP contribution in [0.5, 0.6) is 5.75 Å². The third-order valence-corrected chi connectivity index (χ3v) is 4.37. The summed E-state index contributed by atoms with van der Waals surface area (Å²) < 4.78 is 5.43. The lowest BCUT2D eigenvalue weighted by Crippen LogP contribution is -2.41. The standard InChI is InChI=1S/C17H26N2O2/c1-12(18)15-5-4-8-19(10-15)11-16-9-14(13(2)20)6-7-17(16)21-3/h6-7,9,12,15H,4-5,8,10-11,18H2,1-3H3. The monoisotopic (exact) mass is 290 g/mol. The van der Waals surface area contributed by atoms with Gasteiger partial charge in [-0.1, -0.05) is 0 Å². The van der Waals surface area contributed by atoms with E-state index in [1.54, 1.807) is 14.0 Å². The molecule has 0 aliphatic carbocycles. The van der Waals surface area contributed by atoms with Crippen LogP contribution in [0.25, 0.3) is 0 Å². The Morgan fingerprint density at radius 2 is 2.29 bits per heavy atom. The lowest BCUT2D eigenvalue weighted by atomic mass is 9.92. The Hall–Kier alpha value is -1.39. The molecule has 4 nitrogen and oxygen atoms in total. The number of carbonyl (C=O) groups excluding carboxylic acids is 1. The van der Waals surface area contributed by atoms with E-state index in [0.717, 1.165) is 36.5 Å². The van der Waals surface area contributed by atoms with Gasteiger partial charge in [-0.2, -0.15) is 0 Å². The molecule has 1 aliphatic rings. The van der Waals surface area contributed by atoms with Gasteiger partial charge >= 0.3 is 0 Å². The first-order valence-corrected chi connectivity index (χ1v) is 7.67. The second-order valence-electron chi connectivity index (χ2n) is 6.08. The number of nitrogens with zero attached hydrogens (tertiary/aromatic N) is 1. The molecule has 2 rings (SSSR count). The van der Waals surface area contributed by atoms with Gasteiger partial charge in [-0.3, -0.25) is 9.69 Å². The maximum Gasteiger partial charge on any atom is 0.159 e. The van der Waals surface area contributed by atoms with Gasteiger partial charge in [-0.15, -0.1) is 0 Å². The van der Waals surface area contributed by atoms with Crippen molar-refractivity contribution in [3.05, 3.63) is 29.3 Å². The zero-order valence-corrected chi connectivity index (χ0v) is 13.3. The molecule has 2 atom stereocenters. The molecule has 0 radical (unpaired) electrons. The fourth-order valence-corrected chi connectivity index (χ4v) is 3.03. The van der Waals surface area contributed by atoms with Crippen LogP contribution in [-0.4, -0.2) is 36.9 Å². The molecule has 0 saturated carbocycles. The van der Waals surface area contributed by atoms with Crippen LogP contribution in [0.15, 0.2) is 18.2 Å². The van der Waals surface area contributed by atoms with Crippen LogP contribution in [-0.2, 0) is 6.54 Å². The van der Waals surface area contributed by atoms with E-state index in [1.165, 1.54) is 12.8 Å². The minimum absolute atomic E-state index is 0.0889. The maximum atomic E-state index is 11.6. The number of piperidine rings is 1. The van der Waals surface area contributed by atoms with Crippen molar-refractivity contribution in [2.75, 3.05) is 20.2 Å². The van der Waals surface area contributed by atoms with Gasteiger partial charge in [0.25, 0.3) is 0 Å². The summed E-state index contributed by atoms with van der Waals surface area (Å²) in [6, 6.07) is 5.90. The van der Waals surface area contributed by atoms with Crippen molar-refractivity contribution < 1.29 is 9.53 Å². The van der Waals surface area contributed by atoms with Crippen molar-refractivity contribution in [3.63, 3.8) is 0 Å². The summed E-state index contributed by atoms with van der Waals surface area (Å²) in [4.78, 5) is 14.0. The second kappa shape index (κ2) is 7.05. The van der Waals surface area contributed by atoms with E-state index in [4.69, 9.17) is 10.5 Å². The molecule has 0 bridgehead atoms. The number of benzene rings is 1. The third-order valence-electron chi connectivity index (χ3n) is 4.37. The average Bonchev–Trinajstić information content (AvgIpc) is 2.47. The van der Waals surface area contributed by atoms with E-state index in [0.29, 0.717) is 5.92 Å². The van der Waals surface area contributed by atoms with Crippen molar-refractivity contribution in [2.45, 2.75) is 39.3 Å². The summed E-state index contributed by atoms with van der Waals surface area (Å²) in [5.74, 6) is 1.50. The largest absolute Gasteiger partial charge is 0.496 e. The molecule has 116 valence electrons. The number of carbonyl (C=O) groups is 1. The summed E-state index contributed by atoms with van der Waals surface area (Å²) in [7, 11) is 1.67. The SMILES string of the molecule is COc1ccc(C(C)=O)cc1CN1CCCC(C(C)N)C1. The number of methoxy groups -OCH3 is 1. The van der Waals surface area contributed by atoms with Gasteiger partial charge in [0.15, 0.2) is 5.78 Å². The van der Waals surface area contributed by atoms with Crippen LogP contribution < -0.4 is 10.5 Å². The molecule has 0 amide bonds. The molecule has 21 heavy (non-hydrogen) atoms. The molecule has 0 aromatic heterocycles. The number of Topliss-reactive ketones (excluding diaryl/α,β-unsaturated/α-hetero) is 1. The van der Waals surface area contributed by atoms with Crippen LogP contribution in [0, 0.1) is 5.92 Å². The summed E-state index contributed by atoms with van der Waals surface area (Å²) in [5.41, 5.74) is 7.87.